The highest BCUT2D eigenvalue weighted by Gasteiger charge is 2.28. The molecule has 0 radical (unpaired) electrons. The Morgan fingerprint density at radius 1 is 1.33 bits per heavy atom. The zero-order chi connectivity index (χ0) is 11.5. The van der Waals surface area contributed by atoms with E-state index in [9.17, 15) is 0 Å². The van der Waals surface area contributed by atoms with E-state index < -0.39 is 0 Å². The van der Waals surface area contributed by atoms with Gasteiger partial charge >= 0.3 is 0 Å². The maximum atomic E-state index is 5.88. The van der Waals surface area contributed by atoms with Crippen LogP contribution in [-0.4, -0.2) is 24.8 Å². The van der Waals surface area contributed by atoms with E-state index in [1.807, 2.05) is 0 Å². The minimum absolute atomic E-state index is 0.346. The summed E-state index contributed by atoms with van der Waals surface area (Å²) in [5.41, 5.74) is 0.346. The average Bonchev–Trinajstić information content (AvgIpc) is 2.47. The Hall–Kier alpha value is -0.0800. The van der Waals surface area contributed by atoms with Crippen LogP contribution in [0.3, 0.4) is 0 Å². The summed E-state index contributed by atoms with van der Waals surface area (Å²) in [6.07, 6.45) is 4.62. The Morgan fingerprint density at radius 3 is 2.47 bits per heavy atom. The largest absolute Gasteiger partial charge is 0.375 e. The Kier molecular flexibility index (Phi) is 4.60. The number of hydrogen-bond donors (Lipinski definition) is 1. The van der Waals surface area contributed by atoms with Gasteiger partial charge in [0.25, 0.3) is 0 Å². The molecular formula is C13H27NO. The molecule has 2 nitrogen and oxygen atoms in total. The van der Waals surface area contributed by atoms with Crippen molar-refractivity contribution >= 4 is 0 Å². The molecule has 0 aliphatic carbocycles. The molecule has 0 amide bonds. The van der Waals surface area contributed by atoms with Gasteiger partial charge in [-0.25, -0.2) is 0 Å². The summed E-state index contributed by atoms with van der Waals surface area (Å²) in [6.45, 7) is 12.3. The molecule has 0 spiro atoms. The van der Waals surface area contributed by atoms with Crippen LogP contribution in [0.1, 0.15) is 53.9 Å². The number of hydrogen-bond acceptors (Lipinski definition) is 2. The molecule has 2 heteroatoms. The van der Waals surface area contributed by atoms with E-state index in [0.717, 1.165) is 6.54 Å². The quantitative estimate of drug-likeness (QED) is 0.758. The number of rotatable bonds is 5. The molecule has 1 aliphatic rings. The minimum Gasteiger partial charge on any atom is -0.375 e. The SMILES string of the molecule is CC(C)NCC(C)(C)CC1CCC(C)O1. The summed E-state index contributed by atoms with van der Waals surface area (Å²) in [4.78, 5) is 0. The Bertz CT molecular complexity index is 189. The predicted molar refractivity (Wildman–Crippen MR) is 65.1 cm³/mol. The van der Waals surface area contributed by atoms with Crippen LogP contribution in [0.15, 0.2) is 0 Å². The lowest BCUT2D eigenvalue weighted by atomic mass is 9.85. The first kappa shape index (κ1) is 13.0. The summed E-state index contributed by atoms with van der Waals surface area (Å²) in [5.74, 6) is 0. The molecule has 0 aromatic carbocycles. The van der Waals surface area contributed by atoms with Crippen molar-refractivity contribution in [3.8, 4) is 0 Å². The molecule has 2 unspecified atom stereocenters. The summed E-state index contributed by atoms with van der Waals surface area (Å²) >= 11 is 0. The lowest BCUT2D eigenvalue weighted by molar-refractivity contribution is 0.0282. The van der Waals surface area contributed by atoms with Crippen molar-refractivity contribution in [1.82, 2.24) is 5.32 Å². The van der Waals surface area contributed by atoms with E-state index in [4.69, 9.17) is 4.74 Å². The van der Waals surface area contributed by atoms with Crippen molar-refractivity contribution in [3.05, 3.63) is 0 Å². The van der Waals surface area contributed by atoms with Gasteiger partial charge in [-0.05, 0) is 31.6 Å². The van der Waals surface area contributed by atoms with Gasteiger partial charge in [0.2, 0.25) is 0 Å². The molecule has 1 aliphatic heterocycles. The van der Waals surface area contributed by atoms with E-state index >= 15 is 0 Å². The van der Waals surface area contributed by atoms with E-state index in [-0.39, 0.29) is 0 Å². The molecule has 1 heterocycles. The van der Waals surface area contributed by atoms with Crippen LogP contribution in [0, 0.1) is 5.41 Å². The second-order valence-corrected chi connectivity index (χ2v) is 6.05. The lowest BCUT2D eigenvalue weighted by Gasteiger charge is -2.29. The number of nitrogens with one attached hydrogen (secondary N) is 1. The van der Waals surface area contributed by atoms with Gasteiger partial charge in [0.05, 0.1) is 12.2 Å². The van der Waals surface area contributed by atoms with Crippen molar-refractivity contribution in [2.45, 2.75) is 72.1 Å². The highest BCUT2D eigenvalue weighted by Crippen LogP contribution is 2.30. The standard InChI is InChI=1S/C13H27NO/c1-10(2)14-9-13(4,5)8-12-7-6-11(3)15-12/h10-12,14H,6-9H2,1-5H3. The third kappa shape index (κ3) is 4.98. The molecular weight excluding hydrogens is 186 g/mol. The van der Waals surface area contributed by atoms with Gasteiger partial charge < -0.3 is 10.1 Å². The van der Waals surface area contributed by atoms with Gasteiger partial charge in [-0.2, -0.15) is 0 Å². The van der Waals surface area contributed by atoms with Gasteiger partial charge in [-0.3, -0.25) is 0 Å². The summed E-state index contributed by atoms with van der Waals surface area (Å²) in [7, 11) is 0. The fourth-order valence-corrected chi connectivity index (χ4v) is 2.20. The molecule has 15 heavy (non-hydrogen) atoms. The highest BCUT2D eigenvalue weighted by molar-refractivity contribution is 4.80. The van der Waals surface area contributed by atoms with Gasteiger partial charge in [0.15, 0.2) is 0 Å². The fourth-order valence-electron chi connectivity index (χ4n) is 2.20. The molecule has 90 valence electrons. The van der Waals surface area contributed by atoms with Crippen LogP contribution in [0.2, 0.25) is 0 Å². The second kappa shape index (κ2) is 5.31. The van der Waals surface area contributed by atoms with Crippen LogP contribution < -0.4 is 5.32 Å². The predicted octanol–water partition coefficient (Wildman–Crippen LogP) is 2.97. The van der Waals surface area contributed by atoms with Gasteiger partial charge in [0, 0.05) is 12.6 Å². The monoisotopic (exact) mass is 213 g/mol. The Labute approximate surface area is 94.8 Å². The van der Waals surface area contributed by atoms with Crippen LogP contribution in [0.25, 0.3) is 0 Å². The van der Waals surface area contributed by atoms with Crippen LogP contribution >= 0.6 is 0 Å². The average molecular weight is 213 g/mol. The molecule has 1 rings (SSSR count). The lowest BCUT2D eigenvalue weighted by Crippen LogP contribution is -2.36. The van der Waals surface area contributed by atoms with Gasteiger partial charge in [-0.15, -0.1) is 0 Å². The molecule has 1 N–H and O–H groups in total. The second-order valence-electron chi connectivity index (χ2n) is 6.05. The molecule has 0 aromatic heterocycles. The highest BCUT2D eigenvalue weighted by atomic mass is 16.5. The molecule has 1 saturated heterocycles. The van der Waals surface area contributed by atoms with Gasteiger partial charge in [-0.1, -0.05) is 27.7 Å². The third-order valence-corrected chi connectivity index (χ3v) is 3.09. The van der Waals surface area contributed by atoms with Crippen molar-refractivity contribution in [1.29, 1.82) is 0 Å². The van der Waals surface area contributed by atoms with Gasteiger partial charge in [0.1, 0.15) is 0 Å². The Morgan fingerprint density at radius 2 is 2.00 bits per heavy atom. The summed E-state index contributed by atoms with van der Waals surface area (Å²) in [6, 6.07) is 0.577. The van der Waals surface area contributed by atoms with E-state index in [1.54, 1.807) is 0 Å². The smallest absolute Gasteiger partial charge is 0.0585 e. The molecule has 0 saturated carbocycles. The van der Waals surface area contributed by atoms with Crippen molar-refractivity contribution in [3.63, 3.8) is 0 Å². The third-order valence-electron chi connectivity index (χ3n) is 3.09. The van der Waals surface area contributed by atoms with E-state index in [0.29, 0.717) is 23.7 Å². The van der Waals surface area contributed by atoms with Crippen LogP contribution in [0.4, 0.5) is 0 Å². The van der Waals surface area contributed by atoms with Crippen molar-refractivity contribution in [2.24, 2.45) is 5.41 Å². The summed E-state index contributed by atoms with van der Waals surface area (Å²) < 4.78 is 5.88. The summed E-state index contributed by atoms with van der Waals surface area (Å²) in [5, 5.41) is 3.52. The maximum absolute atomic E-state index is 5.88. The molecule has 0 aromatic rings. The molecule has 2 atom stereocenters. The minimum atomic E-state index is 0.346. The first-order valence-corrected chi connectivity index (χ1v) is 6.28. The van der Waals surface area contributed by atoms with Crippen molar-refractivity contribution < 1.29 is 4.74 Å². The molecule has 0 bridgehead atoms. The first-order valence-electron chi connectivity index (χ1n) is 6.28. The van der Waals surface area contributed by atoms with Crippen molar-refractivity contribution in [2.75, 3.05) is 6.54 Å². The topological polar surface area (TPSA) is 21.3 Å². The van der Waals surface area contributed by atoms with E-state index in [1.165, 1.54) is 19.3 Å². The molecule has 1 fully saturated rings. The number of ether oxygens (including phenoxy) is 1. The Balaban J connectivity index is 2.28. The zero-order valence-electron chi connectivity index (χ0n) is 11.0. The maximum Gasteiger partial charge on any atom is 0.0585 e. The first-order chi connectivity index (χ1) is 6.89. The van der Waals surface area contributed by atoms with E-state index in [2.05, 4.69) is 39.9 Å². The van der Waals surface area contributed by atoms with Crippen LogP contribution in [-0.2, 0) is 4.74 Å². The van der Waals surface area contributed by atoms with Crippen LogP contribution in [0.5, 0.6) is 0 Å². The normalized spacial score (nSPS) is 27.6. The zero-order valence-corrected chi connectivity index (χ0v) is 11.0. The fraction of sp³-hybridized carbons (Fsp3) is 1.00.